The normalized spacial score (nSPS) is 13.0. The number of rotatable bonds is 8. The highest BCUT2D eigenvalue weighted by molar-refractivity contribution is 7.89. The number of carbonyl (C=O) groups excluding carboxylic acids is 1. The Morgan fingerprint density at radius 3 is 2.44 bits per heavy atom. The Morgan fingerprint density at radius 1 is 1.24 bits per heavy atom. The van der Waals surface area contributed by atoms with Crippen LogP contribution in [0.1, 0.15) is 22.9 Å². The zero-order chi connectivity index (χ0) is 18.4. The van der Waals surface area contributed by atoms with E-state index in [0.717, 1.165) is 5.56 Å². The summed E-state index contributed by atoms with van der Waals surface area (Å²) in [6, 6.07) is 10.5. The van der Waals surface area contributed by atoms with Gasteiger partial charge in [-0.25, -0.2) is 13.6 Å². The third-order valence-electron chi connectivity index (χ3n) is 3.88. The second-order valence-electron chi connectivity index (χ2n) is 5.99. The van der Waals surface area contributed by atoms with E-state index in [9.17, 15) is 13.2 Å². The van der Waals surface area contributed by atoms with E-state index in [1.54, 1.807) is 23.5 Å². The van der Waals surface area contributed by atoms with E-state index in [2.05, 4.69) is 16.3 Å². The molecule has 3 N–H and O–H groups in total. The third-order valence-corrected chi connectivity index (χ3v) is 5.78. The van der Waals surface area contributed by atoms with Crippen LogP contribution in [0.2, 0.25) is 0 Å². The van der Waals surface area contributed by atoms with E-state index in [0.29, 0.717) is 19.4 Å². The van der Waals surface area contributed by atoms with E-state index in [1.807, 2.05) is 25.5 Å². The number of benzene rings is 1. The van der Waals surface area contributed by atoms with Gasteiger partial charge >= 0.3 is 0 Å². The predicted octanol–water partition coefficient (Wildman–Crippen LogP) is 1.75. The molecule has 1 amide bonds. The molecule has 0 fully saturated rings. The Labute approximate surface area is 152 Å². The molecule has 0 saturated heterocycles. The molecule has 1 atom stereocenters. The summed E-state index contributed by atoms with van der Waals surface area (Å²) < 4.78 is 22.4. The lowest BCUT2D eigenvalue weighted by Crippen LogP contribution is -2.34. The molecule has 8 heteroatoms. The van der Waals surface area contributed by atoms with Crippen LogP contribution in [-0.4, -0.2) is 39.9 Å². The van der Waals surface area contributed by atoms with Crippen molar-refractivity contribution >= 4 is 27.3 Å². The maximum Gasteiger partial charge on any atom is 0.238 e. The van der Waals surface area contributed by atoms with Crippen LogP contribution in [0.4, 0.5) is 0 Å². The number of hydrogen-bond acceptors (Lipinski definition) is 5. The SMILES string of the molecule is CN(C)C(CNC(=O)CCc1ccc(S(N)(=O)=O)cc1)c1cccs1. The fourth-order valence-corrected chi connectivity index (χ4v) is 3.86. The summed E-state index contributed by atoms with van der Waals surface area (Å²) in [6.07, 6.45) is 0.891. The smallest absolute Gasteiger partial charge is 0.238 e. The average Bonchev–Trinajstić information content (AvgIpc) is 3.06. The number of nitrogens with one attached hydrogen (secondary N) is 1. The molecule has 0 spiro atoms. The highest BCUT2D eigenvalue weighted by atomic mass is 32.2. The van der Waals surface area contributed by atoms with Gasteiger partial charge in [-0.2, -0.15) is 0 Å². The van der Waals surface area contributed by atoms with Crippen molar-refractivity contribution in [2.75, 3.05) is 20.6 Å². The van der Waals surface area contributed by atoms with Crippen LogP contribution in [-0.2, 0) is 21.2 Å². The standard InChI is InChI=1S/C17H23N3O3S2/c1-20(2)15(16-4-3-11-24-16)12-19-17(21)10-7-13-5-8-14(9-6-13)25(18,22)23/h3-6,8-9,11,15H,7,10,12H2,1-2H3,(H,19,21)(H2,18,22,23). The lowest BCUT2D eigenvalue weighted by molar-refractivity contribution is -0.121. The van der Waals surface area contributed by atoms with Gasteiger partial charge in [-0.3, -0.25) is 4.79 Å². The van der Waals surface area contributed by atoms with Crippen LogP contribution in [0.3, 0.4) is 0 Å². The summed E-state index contributed by atoms with van der Waals surface area (Å²) in [6.45, 7) is 0.552. The van der Waals surface area contributed by atoms with Gasteiger partial charge in [0, 0.05) is 17.8 Å². The van der Waals surface area contributed by atoms with Crippen LogP contribution in [0.25, 0.3) is 0 Å². The Balaban J connectivity index is 1.84. The molecule has 6 nitrogen and oxygen atoms in total. The molecule has 2 rings (SSSR count). The van der Waals surface area contributed by atoms with Gasteiger partial charge in [-0.15, -0.1) is 11.3 Å². The highest BCUT2D eigenvalue weighted by Crippen LogP contribution is 2.22. The van der Waals surface area contributed by atoms with Gasteiger partial charge in [0.2, 0.25) is 15.9 Å². The first-order valence-corrected chi connectivity index (χ1v) is 10.3. The molecule has 0 saturated carbocycles. The largest absolute Gasteiger partial charge is 0.354 e. The third kappa shape index (κ3) is 5.93. The van der Waals surface area contributed by atoms with Crippen molar-refractivity contribution in [1.82, 2.24) is 10.2 Å². The van der Waals surface area contributed by atoms with Gasteiger partial charge in [0.1, 0.15) is 0 Å². The zero-order valence-corrected chi connectivity index (χ0v) is 15.9. The van der Waals surface area contributed by atoms with Gasteiger partial charge in [0.15, 0.2) is 0 Å². The molecule has 0 bridgehead atoms. The summed E-state index contributed by atoms with van der Waals surface area (Å²) in [5.74, 6) is -0.0288. The fraction of sp³-hybridized carbons (Fsp3) is 0.353. The minimum absolute atomic E-state index is 0.0288. The maximum absolute atomic E-state index is 12.1. The lowest BCUT2D eigenvalue weighted by Gasteiger charge is -2.23. The molecule has 25 heavy (non-hydrogen) atoms. The van der Waals surface area contributed by atoms with Crippen LogP contribution in [0.15, 0.2) is 46.7 Å². The van der Waals surface area contributed by atoms with Crippen molar-refractivity contribution in [2.45, 2.75) is 23.8 Å². The van der Waals surface area contributed by atoms with Crippen molar-refractivity contribution in [2.24, 2.45) is 5.14 Å². The van der Waals surface area contributed by atoms with Crippen LogP contribution >= 0.6 is 11.3 Å². The molecule has 1 aromatic carbocycles. The molecular weight excluding hydrogens is 358 g/mol. The molecule has 0 aliphatic heterocycles. The van der Waals surface area contributed by atoms with Crippen molar-refractivity contribution in [3.63, 3.8) is 0 Å². The average molecular weight is 382 g/mol. The Hall–Kier alpha value is -1.74. The Kier molecular flexibility index (Phi) is 6.71. The molecule has 1 unspecified atom stereocenters. The molecule has 136 valence electrons. The monoisotopic (exact) mass is 381 g/mol. The van der Waals surface area contributed by atoms with Gasteiger partial charge in [0.25, 0.3) is 0 Å². The second kappa shape index (κ2) is 8.57. The molecule has 0 aliphatic rings. The second-order valence-corrected chi connectivity index (χ2v) is 8.53. The number of likely N-dealkylation sites (N-methyl/N-ethyl adjacent to an activating group) is 1. The van der Waals surface area contributed by atoms with E-state index in [4.69, 9.17) is 5.14 Å². The maximum atomic E-state index is 12.1. The van der Waals surface area contributed by atoms with E-state index in [1.165, 1.54) is 17.0 Å². The van der Waals surface area contributed by atoms with E-state index < -0.39 is 10.0 Å². The van der Waals surface area contributed by atoms with Crippen molar-refractivity contribution in [1.29, 1.82) is 0 Å². The minimum Gasteiger partial charge on any atom is -0.354 e. The zero-order valence-electron chi connectivity index (χ0n) is 14.3. The van der Waals surface area contributed by atoms with E-state index in [-0.39, 0.29) is 16.8 Å². The van der Waals surface area contributed by atoms with Crippen molar-refractivity contribution < 1.29 is 13.2 Å². The molecule has 0 radical (unpaired) electrons. The van der Waals surface area contributed by atoms with Crippen LogP contribution in [0.5, 0.6) is 0 Å². The number of carbonyl (C=O) groups is 1. The minimum atomic E-state index is -3.68. The number of primary sulfonamides is 1. The summed E-state index contributed by atoms with van der Waals surface area (Å²) >= 11 is 1.67. The predicted molar refractivity (Wildman–Crippen MR) is 99.9 cm³/mol. The first kappa shape index (κ1) is 19.6. The van der Waals surface area contributed by atoms with Gasteiger partial charge in [-0.05, 0) is 49.7 Å². The Bertz CT molecular complexity index is 785. The number of nitrogens with two attached hydrogens (primary N) is 1. The van der Waals surface area contributed by atoms with Crippen molar-refractivity contribution in [3.05, 3.63) is 52.2 Å². The highest BCUT2D eigenvalue weighted by Gasteiger charge is 2.16. The molecule has 1 aromatic heterocycles. The molecule has 2 aromatic rings. The molecule has 0 aliphatic carbocycles. The summed E-state index contributed by atoms with van der Waals surface area (Å²) in [4.78, 5) is 15.5. The Morgan fingerprint density at radius 2 is 1.92 bits per heavy atom. The summed E-state index contributed by atoms with van der Waals surface area (Å²) in [5.41, 5.74) is 0.893. The fourth-order valence-electron chi connectivity index (χ4n) is 2.42. The van der Waals surface area contributed by atoms with Crippen molar-refractivity contribution in [3.8, 4) is 0 Å². The van der Waals surface area contributed by atoms with Gasteiger partial charge in [-0.1, -0.05) is 18.2 Å². The topological polar surface area (TPSA) is 92.5 Å². The number of amides is 1. The van der Waals surface area contributed by atoms with Crippen LogP contribution in [0, 0.1) is 0 Å². The van der Waals surface area contributed by atoms with Gasteiger partial charge < -0.3 is 10.2 Å². The number of sulfonamides is 1. The number of nitrogens with zero attached hydrogens (tertiary/aromatic N) is 1. The number of hydrogen-bond donors (Lipinski definition) is 2. The number of thiophene rings is 1. The first-order chi connectivity index (χ1) is 11.8. The first-order valence-electron chi connectivity index (χ1n) is 7.85. The van der Waals surface area contributed by atoms with Gasteiger partial charge in [0.05, 0.1) is 10.9 Å². The summed E-state index contributed by atoms with van der Waals surface area (Å²) in [5, 5.41) is 10.1. The summed E-state index contributed by atoms with van der Waals surface area (Å²) in [7, 11) is 0.298. The van der Waals surface area contributed by atoms with E-state index >= 15 is 0 Å². The lowest BCUT2D eigenvalue weighted by atomic mass is 10.1. The number of aryl methyl sites for hydroxylation is 1. The molecule has 1 heterocycles. The molecular formula is C17H23N3O3S2. The van der Waals surface area contributed by atoms with Crippen LogP contribution < -0.4 is 10.5 Å². The quantitative estimate of drug-likeness (QED) is 0.729.